The van der Waals surface area contributed by atoms with E-state index in [1.54, 1.807) is 18.4 Å². The Labute approximate surface area is 127 Å². The van der Waals surface area contributed by atoms with Gasteiger partial charge in [0.25, 0.3) is 10.0 Å². The molecule has 2 aromatic heterocycles. The van der Waals surface area contributed by atoms with E-state index in [4.69, 9.17) is 0 Å². The topological polar surface area (TPSA) is 75.4 Å². The number of aryl methyl sites for hydroxylation is 1. The Morgan fingerprint density at radius 3 is 2.81 bits per heavy atom. The lowest BCUT2D eigenvalue weighted by atomic mass is 9.92. The molecule has 0 bridgehead atoms. The zero-order chi connectivity index (χ0) is 15.0. The van der Waals surface area contributed by atoms with Crippen LogP contribution >= 0.6 is 11.3 Å². The van der Waals surface area contributed by atoms with E-state index in [0.717, 1.165) is 5.56 Å². The molecule has 1 saturated heterocycles. The molecule has 2 atom stereocenters. The second-order valence-electron chi connectivity index (χ2n) is 5.22. The monoisotopic (exact) mass is 327 g/mol. The van der Waals surface area contributed by atoms with E-state index in [2.05, 4.69) is 5.10 Å². The fraction of sp³-hybridized carbons (Fsp3) is 0.462. The highest BCUT2D eigenvalue weighted by atomic mass is 32.2. The number of thiophene rings is 1. The molecule has 21 heavy (non-hydrogen) atoms. The molecule has 1 N–H and O–H groups in total. The Hall–Kier alpha value is -1.22. The largest absolute Gasteiger partial charge is 0.396 e. The van der Waals surface area contributed by atoms with Crippen molar-refractivity contribution in [1.29, 1.82) is 0 Å². The number of aliphatic hydroxyl groups is 1. The first-order valence-electron chi connectivity index (χ1n) is 6.65. The van der Waals surface area contributed by atoms with Gasteiger partial charge in [-0.15, -0.1) is 0 Å². The molecule has 0 spiro atoms. The van der Waals surface area contributed by atoms with Crippen LogP contribution in [0.1, 0.15) is 11.5 Å². The van der Waals surface area contributed by atoms with Crippen molar-refractivity contribution < 1.29 is 13.5 Å². The van der Waals surface area contributed by atoms with Crippen LogP contribution in [0, 0.1) is 5.92 Å². The molecule has 1 fully saturated rings. The molecule has 3 rings (SSSR count). The molecule has 0 radical (unpaired) electrons. The third kappa shape index (κ3) is 2.52. The van der Waals surface area contributed by atoms with E-state index in [-0.39, 0.29) is 23.5 Å². The predicted octanol–water partition coefficient (Wildman–Crippen LogP) is 0.878. The number of nitrogens with zero attached hydrogens (tertiary/aromatic N) is 3. The van der Waals surface area contributed by atoms with Gasteiger partial charge in [0, 0.05) is 38.6 Å². The van der Waals surface area contributed by atoms with E-state index in [0.29, 0.717) is 13.1 Å². The van der Waals surface area contributed by atoms with Crippen molar-refractivity contribution in [2.24, 2.45) is 13.0 Å². The van der Waals surface area contributed by atoms with Crippen molar-refractivity contribution in [2.75, 3.05) is 19.7 Å². The maximum atomic E-state index is 12.7. The summed E-state index contributed by atoms with van der Waals surface area (Å²) in [4.78, 5) is 0. The normalized spacial score (nSPS) is 23.7. The van der Waals surface area contributed by atoms with Gasteiger partial charge in [-0.2, -0.15) is 20.7 Å². The summed E-state index contributed by atoms with van der Waals surface area (Å²) >= 11 is 1.58. The van der Waals surface area contributed by atoms with E-state index in [1.165, 1.54) is 21.3 Å². The fourth-order valence-electron chi connectivity index (χ4n) is 2.82. The van der Waals surface area contributed by atoms with Crippen LogP contribution in [0.3, 0.4) is 0 Å². The highest BCUT2D eigenvalue weighted by Crippen LogP contribution is 2.36. The van der Waals surface area contributed by atoms with Crippen molar-refractivity contribution in [1.82, 2.24) is 14.1 Å². The van der Waals surface area contributed by atoms with Gasteiger partial charge in [0.05, 0.1) is 6.20 Å². The maximum absolute atomic E-state index is 12.7. The van der Waals surface area contributed by atoms with Crippen molar-refractivity contribution in [3.05, 3.63) is 34.7 Å². The van der Waals surface area contributed by atoms with Gasteiger partial charge < -0.3 is 5.11 Å². The molecule has 1 aliphatic heterocycles. The second kappa shape index (κ2) is 5.53. The zero-order valence-corrected chi connectivity index (χ0v) is 13.2. The standard InChI is InChI=1S/C13H17N3O3S2/c1-15-13(2-4-14-15)21(18,19)16-6-11(8-17)12(7-16)10-3-5-20-9-10/h2-5,9,11-12,17H,6-8H2,1H3/t11-,12-/m1/s1. The highest BCUT2D eigenvalue weighted by Gasteiger charge is 2.40. The minimum Gasteiger partial charge on any atom is -0.396 e. The second-order valence-corrected chi connectivity index (χ2v) is 7.89. The zero-order valence-electron chi connectivity index (χ0n) is 11.6. The van der Waals surface area contributed by atoms with Gasteiger partial charge >= 0.3 is 0 Å². The predicted molar refractivity (Wildman–Crippen MR) is 79.6 cm³/mol. The van der Waals surface area contributed by atoms with Crippen LogP contribution in [0.5, 0.6) is 0 Å². The SMILES string of the molecule is Cn1nccc1S(=O)(=O)N1C[C@H](CO)[C@@H](c2ccsc2)C1. The van der Waals surface area contributed by atoms with Crippen LogP contribution in [0.25, 0.3) is 0 Å². The lowest BCUT2D eigenvalue weighted by Crippen LogP contribution is -2.30. The van der Waals surface area contributed by atoms with E-state index in [1.807, 2.05) is 16.8 Å². The van der Waals surface area contributed by atoms with Crippen LogP contribution in [0.2, 0.25) is 0 Å². The minimum absolute atomic E-state index is 0.0160. The van der Waals surface area contributed by atoms with Gasteiger partial charge in [-0.25, -0.2) is 8.42 Å². The highest BCUT2D eigenvalue weighted by molar-refractivity contribution is 7.89. The Morgan fingerprint density at radius 1 is 1.43 bits per heavy atom. The summed E-state index contributed by atoms with van der Waals surface area (Å²) in [5.41, 5.74) is 1.10. The van der Waals surface area contributed by atoms with E-state index >= 15 is 0 Å². The van der Waals surface area contributed by atoms with E-state index < -0.39 is 10.0 Å². The molecule has 0 unspecified atom stereocenters. The lowest BCUT2D eigenvalue weighted by molar-refractivity contribution is 0.223. The average molecular weight is 327 g/mol. The van der Waals surface area contributed by atoms with Crippen molar-refractivity contribution in [2.45, 2.75) is 10.9 Å². The maximum Gasteiger partial charge on any atom is 0.260 e. The molecule has 0 amide bonds. The quantitative estimate of drug-likeness (QED) is 0.904. The molecule has 8 heteroatoms. The first kappa shape index (κ1) is 14.7. The van der Waals surface area contributed by atoms with Crippen LogP contribution in [0.15, 0.2) is 34.1 Å². The molecule has 1 aliphatic rings. The molecule has 114 valence electrons. The van der Waals surface area contributed by atoms with Gasteiger partial charge in [0.15, 0.2) is 5.03 Å². The summed E-state index contributed by atoms with van der Waals surface area (Å²) in [7, 11) is -1.95. The van der Waals surface area contributed by atoms with Crippen LogP contribution in [-0.4, -0.2) is 47.3 Å². The van der Waals surface area contributed by atoms with Gasteiger partial charge in [0.1, 0.15) is 0 Å². The lowest BCUT2D eigenvalue weighted by Gasteiger charge is -2.16. The van der Waals surface area contributed by atoms with Crippen LogP contribution < -0.4 is 0 Å². The summed E-state index contributed by atoms with van der Waals surface area (Å²) in [6.45, 7) is 0.720. The molecule has 6 nitrogen and oxygen atoms in total. The number of aromatic nitrogens is 2. The summed E-state index contributed by atoms with van der Waals surface area (Å²) in [6.07, 6.45) is 1.48. The molecular formula is C13H17N3O3S2. The van der Waals surface area contributed by atoms with Crippen molar-refractivity contribution in [3.63, 3.8) is 0 Å². The van der Waals surface area contributed by atoms with Gasteiger partial charge in [-0.3, -0.25) is 4.68 Å². The molecule has 3 heterocycles. The van der Waals surface area contributed by atoms with Crippen molar-refractivity contribution in [3.8, 4) is 0 Å². The van der Waals surface area contributed by atoms with Gasteiger partial charge in [-0.05, 0) is 28.5 Å². The van der Waals surface area contributed by atoms with Gasteiger partial charge in [0.2, 0.25) is 0 Å². The number of hydrogen-bond donors (Lipinski definition) is 1. The molecular weight excluding hydrogens is 310 g/mol. The smallest absolute Gasteiger partial charge is 0.260 e. The average Bonchev–Trinajstić information content (AvgIpc) is 3.17. The summed E-state index contributed by atoms with van der Waals surface area (Å²) in [5, 5.41) is 17.7. The fourth-order valence-corrected chi connectivity index (χ4v) is 5.17. The number of rotatable bonds is 4. The first-order valence-corrected chi connectivity index (χ1v) is 9.03. The first-order chi connectivity index (χ1) is 10.0. The Balaban J connectivity index is 1.90. The number of hydrogen-bond acceptors (Lipinski definition) is 5. The molecule has 0 aliphatic carbocycles. The molecule has 2 aromatic rings. The summed E-state index contributed by atoms with van der Waals surface area (Å²) < 4.78 is 28.2. The van der Waals surface area contributed by atoms with Crippen LogP contribution in [-0.2, 0) is 17.1 Å². The summed E-state index contributed by atoms with van der Waals surface area (Å²) in [6, 6.07) is 3.50. The van der Waals surface area contributed by atoms with Crippen molar-refractivity contribution >= 4 is 21.4 Å². The van der Waals surface area contributed by atoms with E-state index in [9.17, 15) is 13.5 Å². The minimum atomic E-state index is -3.57. The van der Waals surface area contributed by atoms with Gasteiger partial charge in [-0.1, -0.05) is 0 Å². The summed E-state index contributed by atoms with van der Waals surface area (Å²) in [5.74, 6) is -0.0214. The Bertz CT molecular complexity index is 709. The molecule has 0 aromatic carbocycles. The number of aliphatic hydroxyl groups excluding tert-OH is 1. The Kier molecular flexibility index (Phi) is 3.87. The Morgan fingerprint density at radius 2 is 2.24 bits per heavy atom. The number of sulfonamides is 1. The third-order valence-corrected chi connectivity index (χ3v) is 6.60. The van der Waals surface area contributed by atoms with Crippen LogP contribution in [0.4, 0.5) is 0 Å². The molecule has 0 saturated carbocycles. The third-order valence-electron chi connectivity index (χ3n) is 3.99.